The van der Waals surface area contributed by atoms with Crippen LogP contribution in [0, 0.1) is 22.6 Å². The Morgan fingerprint density at radius 3 is 2.63 bits per heavy atom. The number of pyridine rings is 1. The summed E-state index contributed by atoms with van der Waals surface area (Å²) in [4.78, 5) is 4.40. The van der Waals surface area contributed by atoms with E-state index in [-0.39, 0.29) is 24.1 Å². The lowest BCUT2D eigenvalue weighted by Gasteiger charge is -2.31. The summed E-state index contributed by atoms with van der Waals surface area (Å²) in [6.45, 7) is 5.81. The van der Waals surface area contributed by atoms with Crippen LogP contribution in [0.1, 0.15) is 63.9 Å². The zero-order valence-electron chi connectivity index (χ0n) is 22.3. The van der Waals surface area contributed by atoms with Gasteiger partial charge >= 0.3 is 0 Å². The zero-order valence-corrected chi connectivity index (χ0v) is 22.1. The van der Waals surface area contributed by atoms with Gasteiger partial charge in [-0.25, -0.2) is 9.07 Å². The Hall–Kier alpha value is -3.74. The fourth-order valence-electron chi connectivity index (χ4n) is 4.24. The zero-order chi connectivity index (χ0) is 27.9. The second-order valence-electron chi connectivity index (χ2n) is 10.6. The maximum atomic E-state index is 13.8. The second kappa shape index (κ2) is 10.2. The Kier molecular flexibility index (Phi) is 6.60. The highest BCUT2D eigenvalue weighted by Gasteiger charge is 2.28. The number of benzene rings is 2. The summed E-state index contributed by atoms with van der Waals surface area (Å²) in [7, 11) is 0. The molecule has 2 heterocycles. The van der Waals surface area contributed by atoms with E-state index in [0.717, 1.165) is 12.8 Å². The average molecular weight is 535 g/mol. The highest BCUT2D eigenvalue weighted by molar-refractivity contribution is 6.35. The third-order valence-corrected chi connectivity index (χ3v) is 6.97. The Balaban J connectivity index is 1.63. The summed E-state index contributed by atoms with van der Waals surface area (Å²) >= 11 is 6.68. The molecule has 0 amide bonds. The first kappa shape index (κ1) is 24.6. The number of nitrogens with zero attached hydrogens (tertiary/aromatic N) is 5. The molecular weight excluding hydrogens is 505 g/mol. The Bertz CT molecular complexity index is 1560. The number of aliphatic hydroxyl groups excluding tert-OH is 1. The van der Waals surface area contributed by atoms with Crippen LogP contribution in [-0.2, 0) is 0 Å². The van der Waals surface area contributed by atoms with Gasteiger partial charge < -0.3 is 15.7 Å². The van der Waals surface area contributed by atoms with E-state index in [0.29, 0.717) is 44.1 Å². The Morgan fingerprint density at radius 2 is 2.00 bits per heavy atom. The molecule has 0 spiro atoms. The molecule has 0 bridgehead atoms. The summed E-state index contributed by atoms with van der Waals surface area (Å²) in [5.74, 6) is -0.417. The number of anilines is 2. The molecule has 0 aliphatic heterocycles. The fourth-order valence-corrected chi connectivity index (χ4v) is 4.50. The lowest BCUT2D eigenvalue weighted by Crippen LogP contribution is -2.37. The van der Waals surface area contributed by atoms with Gasteiger partial charge in [-0.2, -0.15) is 5.26 Å². The van der Waals surface area contributed by atoms with Gasteiger partial charge in [0.15, 0.2) is 0 Å². The van der Waals surface area contributed by atoms with E-state index < -0.39 is 11.8 Å². The molecule has 8 nitrogen and oxygen atoms in total. The highest BCUT2D eigenvalue weighted by atomic mass is 35.5. The third kappa shape index (κ3) is 5.28. The monoisotopic (exact) mass is 534 g/mol. The SMILES string of the molecule is [2H][C@](Nc1cc(Cl)c2ncc(C#N)c(N[C@@H](CO)C(C)(C)C)c2c1)(c1ccc(F)cc1)c1cn(C2CC2)nn1. The van der Waals surface area contributed by atoms with Crippen LogP contribution < -0.4 is 10.6 Å². The van der Waals surface area contributed by atoms with Gasteiger partial charge in [0, 0.05) is 17.3 Å². The van der Waals surface area contributed by atoms with E-state index in [2.05, 4.69) is 32.0 Å². The minimum absolute atomic E-state index is 0.152. The number of fused-ring (bicyclic) bond motifs is 1. The van der Waals surface area contributed by atoms with E-state index in [9.17, 15) is 16.1 Å². The molecule has 0 radical (unpaired) electrons. The summed E-state index contributed by atoms with van der Waals surface area (Å²) in [5.41, 5.74) is 2.19. The largest absolute Gasteiger partial charge is 0.394 e. The van der Waals surface area contributed by atoms with Crippen LogP contribution in [0.5, 0.6) is 0 Å². The Labute approximate surface area is 226 Å². The molecule has 1 saturated carbocycles. The van der Waals surface area contributed by atoms with Crippen molar-refractivity contribution in [2.24, 2.45) is 5.41 Å². The minimum atomic E-state index is -1.63. The molecule has 2 aromatic carbocycles. The first-order valence-corrected chi connectivity index (χ1v) is 12.8. The highest BCUT2D eigenvalue weighted by Crippen LogP contribution is 2.38. The van der Waals surface area contributed by atoms with E-state index in [4.69, 9.17) is 11.6 Å². The number of hydrogen-bond acceptors (Lipinski definition) is 7. The van der Waals surface area contributed by atoms with Crippen LogP contribution in [0.2, 0.25) is 5.02 Å². The summed E-state index contributed by atoms with van der Waals surface area (Å²) in [5, 5.41) is 35.9. The van der Waals surface area contributed by atoms with Crippen LogP contribution in [0.25, 0.3) is 10.9 Å². The number of hydrogen-bond donors (Lipinski definition) is 3. The molecule has 4 aromatic rings. The van der Waals surface area contributed by atoms with Gasteiger partial charge in [0.1, 0.15) is 17.6 Å². The van der Waals surface area contributed by atoms with Crippen molar-refractivity contribution in [3.05, 3.63) is 76.5 Å². The number of aliphatic hydroxyl groups is 1. The first-order valence-electron chi connectivity index (χ1n) is 12.9. The molecule has 5 rings (SSSR count). The number of nitrogens with one attached hydrogen (secondary N) is 2. The van der Waals surface area contributed by atoms with Gasteiger partial charge in [0.25, 0.3) is 0 Å². The summed E-state index contributed by atoms with van der Waals surface area (Å²) < 4.78 is 25.1. The normalized spacial score (nSPS) is 16.4. The summed E-state index contributed by atoms with van der Waals surface area (Å²) in [6.07, 6.45) is 5.20. The maximum Gasteiger partial charge on any atom is 0.123 e. The molecule has 196 valence electrons. The van der Waals surface area contributed by atoms with Gasteiger partial charge in [-0.3, -0.25) is 4.98 Å². The molecule has 1 fully saturated rings. The van der Waals surface area contributed by atoms with Crippen molar-refractivity contribution in [2.75, 3.05) is 17.2 Å². The number of aromatic nitrogens is 4. The molecule has 2 aromatic heterocycles. The van der Waals surface area contributed by atoms with Crippen molar-refractivity contribution in [1.29, 1.82) is 5.26 Å². The van der Waals surface area contributed by atoms with Gasteiger partial charge in [-0.1, -0.05) is 49.7 Å². The van der Waals surface area contributed by atoms with Crippen molar-refractivity contribution < 1.29 is 10.9 Å². The van der Waals surface area contributed by atoms with Crippen molar-refractivity contribution in [3.63, 3.8) is 0 Å². The fraction of sp³-hybridized carbons (Fsp3) is 0.357. The van der Waals surface area contributed by atoms with Gasteiger partial charge in [0.2, 0.25) is 0 Å². The van der Waals surface area contributed by atoms with E-state index in [1.165, 1.54) is 30.5 Å². The van der Waals surface area contributed by atoms with Crippen molar-refractivity contribution >= 4 is 33.9 Å². The predicted octanol–water partition coefficient (Wildman–Crippen LogP) is 5.85. The molecule has 1 aliphatic carbocycles. The standard InChI is InChI=1S/C28H29ClFN7O/c1-28(2,3)24(15-38)34-25-17(12-31)13-32-27-21(25)10-19(11-22(27)29)33-26(16-4-6-18(30)7-5-16)23-14-37(36-35-23)20-8-9-20/h4-7,10-11,13-14,20,24,26,33,38H,8-9,15H2,1-3H3,(H,32,34)/t24-,26-/m0/s1/i26D. The van der Waals surface area contributed by atoms with Crippen LogP contribution >= 0.6 is 11.6 Å². The van der Waals surface area contributed by atoms with Crippen LogP contribution in [0.15, 0.2) is 48.8 Å². The maximum absolute atomic E-state index is 13.8. The molecule has 0 saturated heterocycles. The third-order valence-electron chi connectivity index (χ3n) is 6.68. The number of nitriles is 1. The lowest BCUT2D eigenvalue weighted by molar-refractivity contribution is 0.202. The van der Waals surface area contributed by atoms with Crippen molar-refractivity contribution in [1.82, 2.24) is 20.0 Å². The van der Waals surface area contributed by atoms with E-state index in [1.807, 2.05) is 20.8 Å². The van der Waals surface area contributed by atoms with Crippen LogP contribution in [-0.4, -0.2) is 37.7 Å². The molecule has 10 heteroatoms. The van der Waals surface area contributed by atoms with Crippen LogP contribution in [0.3, 0.4) is 0 Å². The molecule has 1 aliphatic rings. The van der Waals surface area contributed by atoms with Gasteiger partial charge in [-0.05, 0) is 48.1 Å². The van der Waals surface area contributed by atoms with Crippen LogP contribution in [0.4, 0.5) is 15.8 Å². The summed E-state index contributed by atoms with van der Waals surface area (Å²) in [6, 6.07) is 9.51. The van der Waals surface area contributed by atoms with Gasteiger partial charge in [0.05, 0.1) is 54.1 Å². The molecular formula is C28H29ClFN7O. The van der Waals surface area contributed by atoms with E-state index >= 15 is 0 Å². The number of halogens is 2. The first-order chi connectivity index (χ1) is 18.5. The number of rotatable bonds is 8. The topological polar surface area (TPSA) is 112 Å². The second-order valence-corrected chi connectivity index (χ2v) is 11.0. The minimum Gasteiger partial charge on any atom is -0.394 e. The van der Waals surface area contributed by atoms with E-state index in [1.54, 1.807) is 23.0 Å². The van der Waals surface area contributed by atoms with Crippen molar-refractivity contribution in [3.8, 4) is 6.07 Å². The van der Waals surface area contributed by atoms with Gasteiger partial charge in [-0.15, -0.1) is 5.10 Å². The lowest BCUT2D eigenvalue weighted by atomic mass is 9.87. The predicted molar refractivity (Wildman–Crippen MR) is 146 cm³/mol. The Morgan fingerprint density at radius 1 is 1.26 bits per heavy atom. The molecule has 0 unspecified atom stereocenters. The van der Waals surface area contributed by atoms with Crippen molar-refractivity contribution in [2.45, 2.75) is 51.7 Å². The quantitative estimate of drug-likeness (QED) is 0.260. The molecule has 3 N–H and O–H groups in total. The average Bonchev–Trinajstić information content (AvgIpc) is 3.62. The molecule has 38 heavy (non-hydrogen) atoms. The molecule has 2 atom stereocenters. The smallest absolute Gasteiger partial charge is 0.123 e.